The SMILES string of the molecule is CC(C)(C)c1c(F)cc(C(=O)c2ccccc2)cc1F. The Labute approximate surface area is 117 Å². The highest BCUT2D eigenvalue weighted by molar-refractivity contribution is 6.09. The first-order valence-electron chi connectivity index (χ1n) is 6.40. The molecule has 0 aliphatic carbocycles. The zero-order valence-electron chi connectivity index (χ0n) is 11.7. The second-order valence-electron chi connectivity index (χ2n) is 5.76. The molecular formula is C17H16F2O. The molecule has 104 valence electrons. The quantitative estimate of drug-likeness (QED) is 0.737. The molecule has 0 heterocycles. The Kier molecular flexibility index (Phi) is 3.71. The molecule has 0 atom stereocenters. The maximum absolute atomic E-state index is 14.1. The summed E-state index contributed by atoms with van der Waals surface area (Å²) in [5.41, 5.74) is -0.209. The first kappa shape index (κ1) is 14.4. The third-order valence-corrected chi connectivity index (χ3v) is 3.09. The fourth-order valence-electron chi connectivity index (χ4n) is 2.18. The average molecular weight is 274 g/mol. The van der Waals surface area contributed by atoms with Gasteiger partial charge in [-0.3, -0.25) is 4.79 Å². The van der Waals surface area contributed by atoms with Crippen molar-refractivity contribution in [2.75, 3.05) is 0 Å². The summed E-state index contributed by atoms with van der Waals surface area (Å²) in [7, 11) is 0. The van der Waals surface area contributed by atoms with E-state index in [9.17, 15) is 13.6 Å². The van der Waals surface area contributed by atoms with Gasteiger partial charge in [0.05, 0.1) is 0 Å². The highest BCUT2D eigenvalue weighted by Crippen LogP contribution is 2.29. The van der Waals surface area contributed by atoms with Gasteiger partial charge < -0.3 is 0 Å². The summed E-state index contributed by atoms with van der Waals surface area (Å²) in [6.07, 6.45) is 0. The molecule has 2 rings (SSSR count). The lowest BCUT2D eigenvalue weighted by Gasteiger charge is -2.21. The molecule has 1 nitrogen and oxygen atoms in total. The molecule has 0 aromatic heterocycles. The van der Waals surface area contributed by atoms with Crippen LogP contribution < -0.4 is 0 Å². The maximum atomic E-state index is 14.1. The van der Waals surface area contributed by atoms with E-state index in [-0.39, 0.29) is 16.9 Å². The topological polar surface area (TPSA) is 17.1 Å². The third-order valence-electron chi connectivity index (χ3n) is 3.09. The molecule has 0 bridgehead atoms. The van der Waals surface area contributed by atoms with E-state index in [1.807, 2.05) is 0 Å². The van der Waals surface area contributed by atoms with Crippen LogP contribution in [0.3, 0.4) is 0 Å². The molecule has 0 aliphatic rings. The van der Waals surface area contributed by atoms with Crippen molar-refractivity contribution >= 4 is 5.78 Å². The van der Waals surface area contributed by atoms with Crippen LogP contribution in [-0.2, 0) is 5.41 Å². The van der Waals surface area contributed by atoms with Crippen molar-refractivity contribution in [1.82, 2.24) is 0 Å². The predicted molar refractivity (Wildman–Crippen MR) is 74.9 cm³/mol. The van der Waals surface area contributed by atoms with Crippen molar-refractivity contribution in [2.24, 2.45) is 0 Å². The summed E-state index contributed by atoms with van der Waals surface area (Å²) in [4.78, 5) is 12.2. The summed E-state index contributed by atoms with van der Waals surface area (Å²) >= 11 is 0. The van der Waals surface area contributed by atoms with E-state index in [0.717, 1.165) is 12.1 Å². The number of halogens is 2. The Morgan fingerprint density at radius 2 is 1.40 bits per heavy atom. The molecule has 0 amide bonds. The normalized spacial score (nSPS) is 11.4. The minimum Gasteiger partial charge on any atom is -0.289 e. The number of hydrogen-bond acceptors (Lipinski definition) is 1. The molecule has 0 saturated carbocycles. The van der Waals surface area contributed by atoms with Gasteiger partial charge in [-0.2, -0.15) is 0 Å². The summed E-state index contributed by atoms with van der Waals surface area (Å²) in [5, 5.41) is 0. The Morgan fingerprint density at radius 3 is 1.85 bits per heavy atom. The molecular weight excluding hydrogens is 258 g/mol. The van der Waals surface area contributed by atoms with Gasteiger partial charge in [-0.15, -0.1) is 0 Å². The molecule has 3 heteroatoms. The van der Waals surface area contributed by atoms with Crippen LogP contribution in [0.4, 0.5) is 8.78 Å². The zero-order chi connectivity index (χ0) is 14.9. The monoisotopic (exact) mass is 274 g/mol. The highest BCUT2D eigenvalue weighted by atomic mass is 19.1. The molecule has 0 fully saturated rings. The van der Waals surface area contributed by atoms with Crippen molar-refractivity contribution in [2.45, 2.75) is 26.2 Å². The standard InChI is InChI=1S/C17H16F2O/c1-17(2,3)15-13(18)9-12(10-14(15)19)16(20)11-7-5-4-6-8-11/h4-10H,1-3H3. The molecule has 0 unspecified atom stereocenters. The van der Waals surface area contributed by atoms with Crippen molar-refractivity contribution in [3.05, 3.63) is 70.8 Å². The lowest BCUT2D eigenvalue weighted by atomic mass is 9.85. The minimum absolute atomic E-state index is 0.00196. The summed E-state index contributed by atoms with van der Waals surface area (Å²) in [6.45, 7) is 5.19. The van der Waals surface area contributed by atoms with Crippen LogP contribution >= 0.6 is 0 Å². The first-order chi connectivity index (χ1) is 9.30. The largest absolute Gasteiger partial charge is 0.289 e. The Hall–Kier alpha value is -2.03. The summed E-state index contributed by atoms with van der Waals surface area (Å²) < 4.78 is 28.2. The molecule has 0 radical (unpaired) electrons. The van der Waals surface area contributed by atoms with Gasteiger partial charge in [0, 0.05) is 16.7 Å². The molecule has 2 aromatic rings. The Balaban J connectivity index is 2.49. The van der Waals surface area contributed by atoms with Gasteiger partial charge in [-0.05, 0) is 17.5 Å². The number of ketones is 1. The number of rotatable bonds is 2. The molecule has 20 heavy (non-hydrogen) atoms. The van der Waals surface area contributed by atoms with Gasteiger partial charge >= 0.3 is 0 Å². The molecule has 0 spiro atoms. The predicted octanol–water partition coefficient (Wildman–Crippen LogP) is 4.49. The van der Waals surface area contributed by atoms with Crippen LogP contribution in [0.25, 0.3) is 0 Å². The third kappa shape index (κ3) is 2.77. The van der Waals surface area contributed by atoms with E-state index in [2.05, 4.69) is 0 Å². The Morgan fingerprint density at radius 1 is 0.900 bits per heavy atom. The number of hydrogen-bond donors (Lipinski definition) is 0. The molecule has 2 aromatic carbocycles. The van der Waals surface area contributed by atoms with E-state index in [1.54, 1.807) is 51.1 Å². The number of benzene rings is 2. The van der Waals surface area contributed by atoms with E-state index in [1.165, 1.54) is 0 Å². The fraction of sp³-hybridized carbons (Fsp3) is 0.235. The Bertz CT molecular complexity index is 617. The van der Waals surface area contributed by atoms with E-state index in [4.69, 9.17) is 0 Å². The van der Waals surface area contributed by atoms with E-state index >= 15 is 0 Å². The second-order valence-corrected chi connectivity index (χ2v) is 5.76. The van der Waals surface area contributed by atoms with Gasteiger partial charge in [0.1, 0.15) is 11.6 Å². The van der Waals surface area contributed by atoms with E-state index in [0.29, 0.717) is 5.56 Å². The van der Waals surface area contributed by atoms with Gasteiger partial charge in [0.2, 0.25) is 0 Å². The van der Waals surface area contributed by atoms with Gasteiger partial charge in [-0.25, -0.2) is 8.78 Å². The molecule has 0 saturated heterocycles. The zero-order valence-corrected chi connectivity index (χ0v) is 11.7. The van der Waals surface area contributed by atoms with Crippen LogP contribution in [-0.4, -0.2) is 5.78 Å². The minimum atomic E-state index is -0.684. The lowest BCUT2D eigenvalue weighted by molar-refractivity contribution is 0.103. The number of carbonyl (C=O) groups excluding carboxylic acids is 1. The van der Waals surface area contributed by atoms with Gasteiger partial charge in [0.25, 0.3) is 0 Å². The average Bonchev–Trinajstić information content (AvgIpc) is 2.36. The lowest BCUT2D eigenvalue weighted by Crippen LogP contribution is -2.17. The van der Waals surface area contributed by atoms with Crippen LogP contribution in [0, 0.1) is 11.6 Å². The van der Waals surface area contributed by atoms with Crippen molar-refractivity contribution in [3.63, 3.8) is 0 Å². The van der Waals surface area contributed by atoms with Crippen LogP contribution in [0.5, 0.6) is 0 Å². The van der Waals surface area contributed by atoms with Crippen molar-refractivity contribution < 1.29 is 13.6 Å². The summed E-state index contributed by atoms with van der Waals surface area (Å²) in [6, 6.07) is 10.7. The van der Waals surface area contributed by atoms with Crippen molar-refractivity contribution in [1.29, 1.82) is 0 Å². The maximum Gasteiger partial charge on any atom is 0.193 e. The highest BCUT2D eigenvalue weighted by Gasteiger charge is 2.25. The smallest absolute Gasteiger partial charge is 0.193 e. The van der Waals surface area contributed by atoms with Crippen LogP contribution in [0.15, 0.2) is 42.5 Å². The van der Waals surface area contributed by atoms with Gasteiger partial charge in [0.15, 0.2) is 5.78 Å². The van der Waals surface area contributed by atoms with Crippen LogP contribution in [0.2, 0.25) is 0 Å². The van der Waals surface area contributed by atoms with Crippen molar-refractivity contribution in [3.8, 4) is 0 Å². The second kappa shape index (κ2) is 5.16. The van der Waals surface area contributed by atoms with Gasteiger partial charge in [-0.1, -0.05) is 51.1 Å². The fourth-order valence-corrected chi connectivity index (χ4v) is 2.18. The first-order valence-corrected chi connectivity index (χ1v) is 6.40. The summed E-state index contributed by atoms with van der Waals surface area (Å²) in [5.74, 6) is -1.75. The molecule has 0 N–H and O–H groups in total. The van der Waals surface area contributed by atoms with E-state index < -0.39 is 17.0 Å². The van der Waals surface area contributed by atoms with Crippen LogP contribution in [0.1, 0.15) is 42.3 Å². The number of carbonyl (C=O) groups is 1. The molecule has 0 aliphatic heterocycles.